The van der Waals surface area contributed by atoms with Crippen LogP contribution in [0.5, 0.6) is 5.75 Å². The smallest absolute Gasteiger partial charge is 0.166 e. The van der Waals surface area contributed by atoms with Crippen LogP contribution in [0.25, 0.3) is 11.3 Å². The molecule has 5 nitrogen and oxygen atoms in total. The first-order chi connectivity index (χ1) is 8.65. The summed E-state index contributed by atoms with van der Waals surface area (Å²) in [4.78, 5) is 0. The highest BCUT2D eigenvalue weighted by Gasteiger charge is 2.15. The zero-order valence-corrected chi connectivity index (χ0v) is 10.2. The lowest BCUT2D eigenvalue weighted by Crippen LogP contribution is -1.96. The first kappa shape index (κ1) is 12.4. The SMILES string of the molecule is COCc1cc(F)c(OC)c(-c2cc(N)n[nH]2)c1. The summed E-state index contributed by atoms with van der Waals surface area (Å²) in [6.45, 7) is 0.317. The quantitative estimate of drug-likeness (QED) is 0.871. The normalized spacial score (nSPS) is 10.6. The summed E-state index contributed by atoms with van der Waals surface area (Å²) in [6.07, 6.45) is 0. The summed E-state index contributed by atoms with van der Waals surface area (Å²) >= 11 is 0. The van der Waals surface area contributed by atoms with Gasteiger partial charge in [-0.05, 0) is 17.7 Å². The number of rotatable bonds is 4. The fraction of sp³-hybridized carbons (Fsp3) is 0.250. The molecule has 2 rings (SSSR count). The van der Waals surface area contributed by atoms with Crippen molar-refractivity contribution in [2.45, 2.75) is 6.61 Å². The molecule has 0 fully saturated rings. The predicted molar refractivity (Wildman–Crippen MR) is 65.7 cm³/mol. The van der Waals surface area contributed by atoms with Gasteiger partial charge in [-0.1, -0.05) is 0 Å². The Morgan fingerprint density at radius 2 is 2.11 bits per heavy atom. The van der Waals surface area contributed by atoms with Crippen molar-refractivity contribution in [2.75, 3.05) is 20.0 Å². The number of aromatic amines is 1. The molecule has 0 radical (unpaired) electrons. The molecule has 0 saturated carbocycles. The molecular weight excluding hydrogens is 237 g/mol. The molecule has 6 heteroatoms. The van der Waals surface area contributed by atoms with Crippen molar-refractivity contribution in [1.82, 2.24) is 10.2 Å². The number of aromatic nitrogens is 2. The maximum absolute atomic E-state index is 13.9. The van der Waals surface area contributed by atoms with Crippen molar-refractivity contribution in [3.63, 3.8) is 0 Å². The van der Waals surface area contributed by atoms with Gasteiger partial charge in [0.15, 0.2) is 11.6 Å². The van der Waals surface area contributed by atoms with Crippen molar-refractivity contribution in [3.05, 3.63) is 29.6 Å². The monoisotopic (exact) mass is 251 g/mol. The van der Waals surface area contributed by atoms with Crippen molar-refractivity contribution in [2.24, 2.45) is 0 Å². The number of hydrogen-bond donors (Lipinski definition) is 2. The minimum absolute atomic E-state index is 0.151. The molecule has 0 atom stereocenters. The highest BCUT2D eigenvalue weighted by Crippen LogP contribution is 2.33. The van der Waals surface area contributed by atoms with Gasteiger partial charge < -0.3 is 15.2 Å². The van der Waals surface area contributed by atoms with Crippen LogP contribution >= 0.6 is 0 Å². The second-order valence-electron chi connectivity index (χ2n) is 3.80. The number of anilines is 1. The maximum Gasteiger partial charge on any atom is 0.166 e. The fourth-order valence-electron chi connectivity index (χ4n) is 1.78. The van der Waals surface area contributed by atoms with E-state index < -0.39 is 5.82 Å². The molecule has 1 heterocycles. The van der Waals surface area contributed by atoms with E-state index in [1.54, 1.807) is 19.2 Å². The molecule has 1 aromatic carbocycles. The molecule has 0 unspecified atom stereocenters. The minimum atomic E-state index is -0.449. The van der Waals surface area contributed by atoms with E-state index in [1.165, 1.54) is 13.2 Å². The van der Waals surface area contributed by atoms with Crippen LogP contribution < -0.4 is 10.5 Å². The standard InChI is InChI=1S/C12H14FN3O2/c1-17-6-7-3-8(10-5-11(14)16-15-10)12(18-2)9(13)4-7/h3-5H,6H2,1-2H3,(H3,14,15,16). The molecule has 0 aliphatic rings. The van der Waals surface area contributed by atoms with Gasteiger partial charge in [0.25, 0.3) is 0 Å². The van der Waals surface area contributed by atoms with Crippen molar-refractivity contribution >= 4 is 5.82 Å². The van der Waals surface area contributed by atoms with E-state index in [2.05, 4.69) is 10.2 Å². The van der Waals surface area contributed by atoms with Gasteiger partial charge in [0.05, 0.1) is 19.4 Å². The summed E-state index contributed by atoms with van der Waals surface area (Å²) < 4.78 is 23.9. The Hall–Kier alpha value is -2.08. The molecule has 1 aromatic heterocycles. The van der Waals surface area contributed by atoms with Crippen LogP contribution in [0.4, 0.5) is 10.2 Å². The van der Waals surface area contributed by atoms with Crippen LogP contribution in [0.3, 0.4) is 0 Å². The van der Waals surface area contributed by atoms with Crippen LogP contribution in [0.2, 0.25) is 0 Å². The zero-order valence-electron chi connectivity index (χ0n) is 10.2. The zero-order chi connectivity index (χ0) is 13.1. The molecule has 3 N–H and O–H groups in total. The third-order valence-electron chi connectivity index (χ3n) is 2.51. The largest absolute Gasteiger partial charge is 0.493 e. The molecule has 2 aromatic rings. The van der Waals surface area contributed by atoms with Crippen LogP contribution in [-0.4, -0.2) is 24.4 Å². The van der Waals surface area contributed by atoms with Crippen molar-refractivity contribution in [1.29, 1.82) is 0 Å². The molecule has 0 aliphatic carbocycles. The third-order valence-corrected chi connectivity index (χ3v) is 2.51. The van der Waals surface area contributed by atoms with Crippen LogP contribution in [-0.2, 0) is 11.3 Å². The molecule has 0 spiro atoms. The fourth-order valence-corrected chi connectivity index (χ4v) is 1.78. The highest BCUT2D eigenvalue weighted by molar-refractivity contribution is 5.70. The third kappa shape index (κ3) is 2.28. The van der Waals surface area contributed by atoms with E-state index in [0.29, 0.717) is 29.2 Å². The molecule has 0 saturated heterocycles. The van der Waals surface area contributed by atoms with E-state index in [-0.39, 0.29) is 5.75 Å². The van der Waals surface area contributed by atoms with Gasteiger partial charge in [0, 0.05) is 18.7 Å². The minimum Gasteiger partial charge on any atom is -0.493 e. The summed E-state index contributed by atoms with van der Waals surface area (Å²) in [5.74, 6) is 0.0401. The number of hydrogen-bond acceptors (Lipinski definition) is 4. The Kier molecular flexibility index (Phi) is 3.47. The van der Waals surface area contributed by atoms with Crippen molar-refractivity contribution in [3.8, 4) is 17.0 Å². The number of nitrogens with zero attached hydrogens (tertiary/aromatic N) is 1. The molecule has 18 heavy (non-hydrogen) atoms. The number of nitrogens with one attached hydrogen (secondary N) is 1. The lowest BCUT2D eigenvalue weighted by atomic mass is 10.1. The number of nitrogen functional groups attached to an aromatic ring is 1. The number of halogens is 1. The van der Waals surface area contributed by atoms with E-state index in [1.807, 2.05) is 0 Å². The summed E-state index contributed by atoms with van der Waals surface area (Å²) in [6, 6.07) is 4.78. The Labute approximate surface area is 104 Å². The van der Waals surface area contributed by atoms with E-state index in [4.69, 9.17) is 15.2 Å². The van der Waals surface area contributed by atoms with Gasteiger partial charge in [-0.15, -0.1) is 0 Å². The lowest BCUT2D eigenvalue weighted by Gasteiger charge is -2.10. The summed E-state index contributed by atoms with van der Waals surface area (Å²) in [5.41, 5.74) is 7.41. The second kappa shape index (κ2) is 5.05. The first-order valence-electron chi connectivity index (χ1n) is 5.32. The van der Waals surface area contributed by atoms with Crippen LogP contribution in [0.15, 0.2) is 18.2 Å². The van der Waals surface area contributed by atoms with E-state index >= 15 is 0 Å². The van der Waals surface area contributed by atoms with E-state index in [0.717, 1.165) is 0 Å². The average Bonchev–Trinajstić information content (AvgIpc) is 2.75. The van der Waals surface area contributed by atoms with Gasteiger partial charge in [-0.3, -0.25) is 5.10 Å². The molecule has 0 bridgehead atoms. The van der Waals surface area contributed by atoms with Gasteiger partial charge in [0.1, 0.15) is 5.82 Å². The van der Waals surface area contributed by atoms with Gasteiger partial charge >= 0.3 is 0 Å². The second-order valence-corrected chi connectivity index (χ2v) is 3.80. The average molecular weight is 251 g/mol. The lowest BCUT2D eigenvalue weighted by molar-refractivity contribution is 0.184. The topological polar surface area (TPSA) is 73.2 Å². The van der Waals surface area contributed by atoms with E-state index in [9.17, 15) is 4.39 Å². The summed E-state index contributed by atoms with van der Waals surface area (Å²) in [7, 11) is 2.97. The molecule has 0 aliphatic heterocycles. The van der Waals surface area contributed by atoms with Gasteiger partial charge in [-0.25, -0.2) is 4.39 Å². The molecular formula is C12H14FN3O2. The number of methoxy groups -OCH3 is 2. The Morgan fingerprint density at radius 3 is 2.67 bits per heavy atom. The predicted octanol–water partition coefficient (Wildman–Crippen LogP) is 1.95. The summed E-state index contributed by atoms with van der Waals surface area (Å²) in [5, 5.41) is 6.55. The Morgan fingerprint density at radius 1 is 1.33 bits per heavy atom. The number of ether oxygens (including phenoxy) is 2. The van der Waals surface area contributed by atoms with Crippen LogP contribution in [0.1, 0.15) is 5.56 Å². The maximum atomic E-state index is 13.9. The van der Waals surface area contributed by atoms with Gasteiger partial charge in [-0.2, -0.15) is 5.10 Å². The Bertz CT molecular complexity index is 554. The van der Waals surface area contributed by atoms with Crippen LogP contribution in [0, 0.1) is 5.82 Å². The number of benzene rings is 1. The first-order valence-corrected chi connectivity index (χ1v) is 5.32. The highest BCUT2D eigenvalue weighted by atomic mass is 19.1. The van der Waals surface area contributed by atoms with Gasteiger partial charge in [0.2, 0.25) is 0 Å². The number of H-pyrrole nitrogens is 1. The van der Waals surface area contributed by atoms with Crippen molar-refractivity contribution < 1.29 is 13.9 Å². The molecule has 96 valence electrons. The number of nitrogens with two attached hydrogens (primary N) is 1. The molecule has 0 amide bonds. The Balaban J connectivity index is 2.55.